The molecule has 0 spiro atoms. The number of aliphatic hydroxyl groups excluding tert-OH is 1. The molecule has 0 bridgehead atoms. The van der Waals surface area contributed by atoms with Crippen molar-refractivity contribution in [2.45, 2.75) is 6.42 Å². The van der Waals surface area contributed by atoms with Crippen LogP contribution >= 0.6 is 0 Å². The zero-order valence-electron chi connectivity index (χ0n) is 8.43. The number of H-pyrrole nitrogens is 1. The highest BCUT2D eigenvalue weighted by molar-refractivity contribution is 5.97. The highest BCUT2D eigenvalue weighted by atomic mass is 16.3. The predicted octanol–water partition coefficient (Wildman–Crippen LogP) is 0.813. The summed E-state index contributed by atoms with van der Waals surface area (Å²) in [6.45, 7) is 0.188. The van der Waals surface area contributed by atoms with Crippen molar-refractivity contribution in [3.05, 3.63) is 29.9 Å². The van der Waals surface area contributed by atoms with Gasteiger partial charge in [0.1, 0.15) is 0 Å². The molecule has 1 aliphatic rings. The maximum absolute atomic E-state index is 11.4. The third kappa shape index (κ3) is 2.05. The molecule has 16 heavy (non-hydrogen) atoms. The summed E-state index contributed by atoms with van der Waals surface area (Å²) in [4.78, 5) is 26.2. The molecule has 2 rings (SSSR count). The lowest BCUT2D eigenvalue weighted by atomic mass is 10.3. The van der Waals surface area contributed by atoms with Crippen molar-refractivity contribution in [1.82, 2.24) is 15.2 Å². The van der Waals surface area contributed by atoms with Gasteiger partial charge in [0.05, 0.1) is 0 Å². The highest BCUT2D eigenvalue weighted by Crippen LogP contribution is 2.10. The van der Waals surface area contributed by atoms with Crippen molar-refractivity contribution in [2.75, 3.05) is 6.54 Å². The minimum absolute atomic E-state index is 0.188. The van der Waals surface area contributed by atoms with Crippen LogP contribution in [0.3, 0.4) is 0 Å². The smallest absolute Gasteiger partial charge is 0.330 e. The predicted molar refractivity (Wildman–Crippen MR) is 56.3 cm³/mol. The molecule has 0 aliphatic carbocycles. The summed E-state index contributed by atoms with van der Waals surface area (Å²) >= 11 is 0. The Morgan fingerprint density at radius 2 is 2.31 bits per heavy atom. The Labute approximate surface area is 91.6 Å². The Kier molecular flexibility index (Phi) is 2.63. The second-order valence-electron chi connectivity index (χ2n) is 3.38. The number of aliphatic hydroxyl groups is 1. The lowest BCUT2D eigenvalue weighted by Crippen LogP contribution is -2.48. The van der Waals surface area contributed by atoms with Gasteiger partial charge in [-0.05, 0) is 12.1 Å². The first-order valence-electron chi connectivity index (χ1n) is 4.82. The van der Waals surface area contributed by atoms with Crippen molar-refractivity contribution in [3.63, 3.8) is 0 Å². The summed E-state index contributed by atoms with van der Waals surface area (Å²) in [5, 5.41) is 11.8. The summed E-state index contributed by atoms with van der Waals surface area (Å²) in [6, 6.07) is 2.93. The van der Waals surface area contributed by atoms with Gasteiger partial charge < -0.3 is 10.1 Å². The van der Waals surface area contributed by atoms with E-state index in [2.05, 4.69) is 10.3 Å². The number of amides is 3. The van der Waals surface area contributed by atoms with Crippen LogP contribution in [0.2, 0.25) is 0 Å². The molecule has 0 saturated carbocycles. The third-order valence-electron chi connectivity index (χ3n) is 2.24. The Hall–Kier alpha value is -2.24. The van der Waals surface area contributed by atoms with Gasteiger partial charge in [-0.1, -0.05) is 0 Å². The zero-order chi connectivity index (χ0) is 11.5. The molecule has 3 N–H and O–H groups in total. The van der Waals surface area contributed by atoms with Crippen LogP contribution in [-0.4, -0.2) is 33.5 Å². The monoisotopic (exact) mass is 221 g/mol. The van der Waals surface area contributed by atoms with Gasteiger partial charge in [0.2, 0.25) is 5.91 Å². The van der Waals surface area contributed by atoms with E-state index >= 15 is 0 Å². The van der Waals surface area contributed by atoms with Crippen molar-refractivity contribution in [3.8, 4) is 0 Å². The topological polar surface area (TPSA) is 85.4 Å². The van der Waals surface area contributed by atoms with Crippen LogP contribution in [0.4, 0.5) is 4.79 Å². The Morgan fingerprint density at radius 3 is 2.94 bits per heavy atom. The van der Waals surface area contributed by atoms with E-state index in [-0.39, 0.29) is 24.8 Å². The molecule has 0 atom stereocenters. The summed E-state index contributed by atoms with van der Waals surface area (Å²) in [5.74, 6) is -0.513. The number of nitrogens with zero attached hydrogens (tertiary/aromatic N) is 1. The average Bonchev–Trinajstić information content (AvgIpc) is 2.70. The maximum Gasteiger partial charge on any atom is 0.330 e. The molecule has 1 saturated heterocycles. The maximum atomic E-state index is 11.4. The molecule has 1 aliphatic heterocycles. The molecular weight excluding hydrogens is 210 g/mol. The number of urea groups is 1. The van der Waals surface area contributed by atoms with Crippen LogP contribution in [0.25, 0.3) is 6.08 Å². The van der Waals surface area contributed by atoms with Gasteiger partial charge in [-0.2, -0.15) is 0 Å². The molecule has 6 nitrogen and oxygen atoms in total. The highest BCUT2D eigenvalue weighted by Gasteiger charge is 2.25. The standard InChI is InChI=1S/C10H11N3O3/c14-8-3-5-13(10(16)12-8)9(15)6-7-2-1-4-11-7/h1-2,4,6,11,15H,3,5H2,(H,12,14,16)/b9-6-. The molecule has 0 aromatic carbocycles. The van der Waals surface area contributed by atoms with Crippen LogP contribution in [0.5, 0.6) is 0 Å². The first-order chi connectivity index (χ1) is 7.66. The molecule has 0 radical (unpaired) electrons. The molecule has 1 fully saturated rings. The number of aromatic amines is 1. The van der Waals surface area contributed by atoms with E-state index in [0.717, 1.165) is 4.90 Å². The summed E-state index contributed by atoms with van der Waals surface area (Å²) < 4.78 is 0. The van der Waals surface area contributed by atoms with Gasteiger partial charge in [0.25, 0.3) is 0 Å². The van der Waals surface area contributed by atoms with E-state index in [9.17, 15) is 14.7 Å². The number of imide groups is 1. The van der Waals surface area contributed by atoms with E-state index in [1.54, 1.807) is 18.3 Å². The average molecular weight is 221 g/mol. The third-order valence-corrected chi connectivity index (χ3v) is 2.24. The normalized spacial score (nSPS) is 17.5. The Bertz CT molecular complexity index is 436. The number of carbonyl (C=O) groups is 2. The van der Waals surface area contributed by atoms with Crippen LogP contribution < -0.4 is 5.32 Å². The number of aromatic nitrogens is 1. The molecule has 84 valence electrons. The van der Waals surface area contributed by atoms with Gasteiger partial charge in [0.15, 0.2) is 5.88 Å². The van der Waals surface area contributed by atoms with Crippen LogP contribution in [0.1, 0.15) is 12.1 Å². The largest absolute Gasteiger partial charge is 0.494 e. The number of hydrogen-bond donors (Lipinski definition) is 3. The molecule has 6 heteroatoms. The number of carbonyl (C=O) groups excluding carboxylic acids is 2. The fraction of sp³-hybridized carbons (Fsp3) is 0.200. The quantitative estimate of drug-likeness (QED) is 0.646. The van der Waals surface area contributed by atoms with E-state index in [1.165, 1.54) is 6.08 Å². The molecule has 3 amide bonds. The van der Waals surface area contributed by atoms with Crippen molar-refractivity contribution >= 4 is 18.0 Å². The Balaban J connectivity index is 2.13. The first-order valence-corrected chi connectivity index (χ1v) is 4.82. The van der Waals surface area contributed by atoms with Crippen LogP contribution in [0.15, 0.2) is 24.2 Å². The summed E-state index contributed by atoms with van der Waals surface area (Å²) in [6.07, 6.45) is 3.32. The summed E-state index contributed by atoms with van der Waals surface area (Å²) in [7, 11) is 0. The van der Waals surface area contributed by atoms with Crippen LogP contribution in [-0.2, 0) is 4.79 Å². The molecule has 0 unspecified atom stereocenters. The first kappa shape index (κ1) is 10.3. The zero-order valence-corrected chi connectivity index (χ0v) is 8.43. The van der Waals surface area contributed by atoms with Gasteiger partial charge in [-0.3, -0.25) is 15.0 Å². The molecule has 1 aromatic rings. The van der Waals surface area contributed by atoms with Gasteiger partial charge in [0, 0.05) is 30.9 Å². The number of nitrogens with one attached hydrogen (secondary N) is 2. The Morgan fingerprint density at radius 1 is 1.50 bits per heavy atom. The summed E-state index contributed by atoms with van der Waals surface area (Å²) in [5.41, 5.74) is 0.683. The van der Waals surface area contributed by atoms with E-state index in [0.29, 0.717) is 5.69 Å². The SMILES string of the molecule is O=C1CCN(/C(O)=C/c2ccc[nH]2)C(=O)N1. The minimum Gasteiger partial charge on any atom is -0.494 e. The number of hydrogen-bond acceptors (Lipinski definition) is 3. The van der Waals surface area contributed by atoms with Crippen molar-refractivity contribution < 1.29 is 14.7 Å². The van der Waals surface area contributed by atoms with E-state index in [4.69, 9.17) is 0 Å². The van der Waals surface area contributed by atoms with Gasteiger partial charge in [-0.15, -0.1) is 0 Å². The fourth-order valence-corrected chi connectivity index (χ4v) is 1.43. The second kappa shape index (κ2) is 4.09. The van der Waals surface area contributed by atoms with Gasteiger partial charge >= 0.3 is 6.03 Å². The van der Waals surface area contributed by atoms with Crippen molar-refractivity contribution in [1.29, 1.82) is 0 Å². The number of rotatable bonds is 2. The molecule has 2 heterocycles. The molecular formula is C10H11N3O3. The molecule has 1 aromatic heterocycles. The van der Waals surface area contributed by atoms with Crippen molar-refractivity contribution in [2.24, 2.45) is 0 Å². The van der Waals surface area contributed by atoms with Crippen LogP contribution in [0, 0.1) is 0 Å². The van der Waals surface area contributed by atoms with E-state index < -0.39 is 6.03 Å². The van der Waals surface area contributed by atoms with E-state index in [1.807, 2.05) is 0 Å². The second-order valence-corrected chi connectivity index (χ2v) is 3.38. The lowest BCUT2D eigenvalue weighted by Gasteiger charge is -2.25. The lowest BCUT2D eigenvalue weighted by molar-refractivity contribution is -0.121. The van der Waals surface area contributed by atoms with Gasteiger partial charge in [-0.25, -0.2) is 4.79 Å². The fourth-order valence-electron chi connectivity index (χ4n) is 1.43. The minimum atomic E-state index is -0.600.